The summed E-state index contributed by atoms with van der Waals surface area (Å²) in [6.45, 7) is 21.1. The maximum Gasteiger partial charge on any atom is 0.404 e. The normalized spacial score (nSPS) is 11.3. The van der Waals surface area contributed by atoms with Gasteiger partial charge in [-0.1, -0.05) is 375 Å². The predicted molar refractivity (Wildman–Crippen MR) is 533 cm³/mol. The van der Waals surface area contributed by atoms with Crippen LogP contribution in [-0.2, 0) is 125 Å². The Morgan fingerprint density at radius 1 is 0.389 bits per heavy atom. The van der Waals surface area contributed by atoms with E-state index in [2.05, 4.69) is 217 Å². The molecule has 732 valence electrons. The summed E-state index contributed by atoms with van der Waals surface area (Å²) in [4.78, 5) is 83.3. The molecule has 0 aliphatic rings. The van der Waals surface area contributed by atoms with Crippen molar-refractivity contribution in [2.45, 2.75) is 157 Å². The predicted octanol–water partition coefficient (Wildman–Crippen LogP) is 11.6. The Balaban J connectivity index is -0.000000271. The quantitative estimate of drug-likeness (QED) is 0.00549. The molecule has 0 aliphatic carbocycles. The van der Waals surface area contributed by atoms with E-state index in [4.69, 9.17) is 83.2 Å². The van der Waals surface area contributed by atoms with Gasteiger partial charge in [0, 0.05) is 53.4 Å². The van der Waals surface area contributed by atoms with E-state index in [0.29, 0.717) is 31.2 Å². The van der Waals surface area contributed by atoms with Crippen molar-refractivity contribution < 1.29 is 125 Å². The van der Waals surface area contributed by atoms with Crippen molar-refractivity contribution in [2.24, 2.45) is 28.7 Å². The zero-order valence-electron chi connectivity index (χ0n) is 74.1. The van der Waals surface area contributed by atoms with Crippen LogP contribution in [0.5, 0.6) is 0 Å². The van der Waals surface area contributed by atoms with Crippen LogP contribution in [0.25, 0.3) is 0 Å². The Morgan fingerprint density at radius 2 is 0.595 bits per heavy atom. The number of aliphatic carboxylic acids is 1. The fourth-order valence-corrected chi connectivity index (χ4v) is 24.4. The Kier molecular flexibility index (Phi) is 78.3. The number of carboxylic acid groups (broad SMARTS) is 1. The number of methoxy groups -OCH3 is 4. The van der Waals surface area contributed by atoms with Crippen molar-refractivity contribution in [3.63, 3.8) is 0 Å². The molecule has 0 spiro atoms. The molecule has 0 fully saturated rings. The number of aliphatic hydroxyl groups excluding tert-OH is 3. The number of carbonyl (C=O) groups is 8. The zero-order chi connectivity index (χ0) is 94.5. The van der Waals surface area contributed by atoms with Gasteiger partial charge >= 0.3 is 35.3 Å². The number of benzene rings is 9. The molecule has 0 unspecified atom stereocenters. The van der Waals surface area contributed by atoms with Crippen LogP contribution >= 0.6 is 33.0 Å². The van der Waals surface area contributed by atoms with Gasteiger partial charge in [0.1, 0.15) is 58.8 Å². The zero-order valence-corrected chi connectivity index (χ0v) is 81.9. The molecule has 35 heteroatoms. The molecule has 5 atom stereocenters. The fourth-order valence-electron chi connectivity index (χ4n) is 11.5. The van der Waals surface area contributed by atoms with Crippen molar-refractivity contribution >= 4 is 147 Å². The first-order chi connectivity index (χ1) is 59.2. The molecule has 0 saturated carbocycles. The van der Waals surface area contributed by atoms with Crippen molar-refractivity contribution in [1.82, 2.24) is 0 Å². The second-order valence-corrected chi connectivity index (χ2v) is 44.9. The molecule has 0 heterocycles. The number of hydrogen-bond acceptors (Lipinski definition) is 26. The second kappa shape index (κ2) is 76.1. The number of halogens is 3. The second-order valence-electron chi connectivity index (χ2n) is 29.6. The summed E-state index contributed by atoms with van der Waals surface area (Å²) in [7, 11) is 6.02. The van der Waals surface area contributed by atoms with Crippen molar-refractivity contribution in [3.8, 4) is 0 Å². The molecule has 0 aromatic heterocycles. The minimum Gasteiger partial charge on any atom is -0.480 e. The van der Waals surface area contributed by atoms with Crippen molar-refractivity contribution in [2.75, 3.05) is 61.5 Å². The van der Waals surface area contributed by atoms with Crippen LogP contribution in [0, 0.1) is 7.43 Å². The summed E-state index contributed by atoms with van der Waals surface area (Å²) in [5.74, 6) is -3.28. The van der Waals surface area contributed by atoms with Crippen molar-refractivity contribution in [3.05, 3.63) is 297 Å². The number of carbonyl (C=O) groups excluding carboxylic acids is 7. The van der Waals surface area contributed by atoms with Gasteiger partial charge in [-0.15, -0.1) is 0 Å². The van der Waals surface area contributed by atoms with E-state index in [1.54, 1.807) is 0 Å². The number of esters is 4. The fraction of sp³-hybridized carbons (Fsp3) is 0.344. The van der Waals surface area contributed by atoms with Gasteiger partial charge in [-0.3, -0.25) is 33.6 Å². The van der Waals surface area contributed by atoms with Crippen LogP contribution in [0.3, 0.4) is 0 Å². The monoisotopic (exact) mass is 2040 g/mol. The maximum atomic E-state index is 11.7. The van der Waals surface area contributed by atoms with Crippen LogP contribution in [0.2, 0.25) is 15.1 Å². The summed E-state index contributed by atoms with van der Waals surface area (Å²) in [5, 5.41) is 40.1. The summed E-state index contributed by atoms with van der Waals surface area (Å²) < 4.78 is 53.7. The molecule has 131 heavy (non-hydrogen) atoms. The number of aliphatic hydroxyl groups is 3. The first kappa shape index (κ1) is 135. The van der Waals surface area contributed by atoms with Gasteiger partial charge in [-0.25, -0.2) is 9.00 Å². The number of hydrogen-bond donors (Lipinski definition) is 9. The molecular weight excluding hydrogens is 1900 g/mol. The van der Waals surface area contributed by atoms with E-state index in [1.165, 1.54) is 38.8 Å². The van der Waals surface area contributed by atoms with Gasteiger partial charge in [0.05, 0.1) is 61.5 Å². The molecule has 14 N–H and O–H groups in total. The first-order valence-corrected chi connectivity index (χ1v) is 47.5. The Hall–Kier alpha value is -9.33. The Labute approximate surface area is 811 Å². The largest absolute Gasteiger partial charge is 0.480 e. The van der Waals surface area contributed by atoms with Crippen molar-refractivity contribution in [1.29, 1.82) is 0 Å². The third kappa shape index (κ3) is 53.8. The first-order valence-electron chi connectivity index (χ1n) is 38.8. The molecule has 0 radical (unpaired) electrons. The van der Waals surface area contributed by atoms with Crippen LogP contribution in [0.1, 0.15) is 109 Å². The Morgan fingerprint density at radius 3 is 0.763 bits per heavy atom. The molecule has 0 aliphatic heterocycles. The standard InChI is InChI=1S/2C20H27NO3Si.C16H20Si.C8H7ClO2.2C8H8O2.2C4H9NO3.C3H7NO3.4CH4.CH3.Cl2OS.Pd/c2*1-20(2,3)25(16-11-7-5-8-12-16,17-13-9-6-10-14-17)24-15-18(21)19(22)23-4;1-16(2,3)17(14-10-6-4-7-11-14)15-12-8-5-9-13-15;9-8(10)11-6-7-4-2-1-3-5-7;2*9-7-10-6-8-4-2-1-3-5-8;2*1-8-4(7)3(5)2-6;4-2(1-5)3(6)7;;;;;;1-4(2)3;/h2*5-14,18H,15,21H2,1-4H3;4-13,17H,1-3H3;1-5H,6H2;2*1-5,7H,6H2;2*3,6H,2,5H2,1H3;2,5H,1,4H2,(H,6,7);4*1H4;1H3;;/q;;;;;;;;;;;;;-1;;/t2*18-;;;;;2*3-;2-;;;;;;;/m00....000......./s1. The number of nitrogens with two attached hydrogens (primary N) is 5. The van der Waals surface area contributed by atoms with E-state index in [0.717, 1.165) is 37.4 Å². The van der Waals surface area contributed by atoms with Gasteiger partial charge in [-0.2, -0.15) is 0 Å². The minimum absolute atomic E-state index is 0. The summed E-state index contributed by atoms with van der Waals surface area (Å²) in [6, 6.07) is 86.9. The topological polar surface area (TPSA) is 448 Å². The number of rotatable bonds is 28. The molecule has 0 bridgehead atoms. The average molecular weight is 2050 g/mol. The average Bonchev–Trinajstić information content (AvgIpc) is 0.751. The molecule has 27 nitrogen and oxygen atoms in total. The van der Waals surface area contributed by atoms with E-state index in [-0.39, 0.29) is 101 Å². The van der Waals surface area contributed by atoms with Crippen LogP contribution < -0.4 is 59.8 Å². The van der Waals surface area contributed by atoms with Crippen LogP contribution in [-0.4, -0.2) is 190 Å². The van der Waals surface area contributed by atoms with Gasteiger partial charge in [0.15, 0.2) is 0 Å². The van der Waals surface area contributed by atoms with Crippen LogP contribution in [0.15, 0.2) is 273 Å². The Bertz CT molecular complexity index is 4120. The SMILES string of the molecule is C.C.C.C.CC(C)(C)[SiH](c1ccccc1)c1ccccc1.COC(=O)[C@@H](N)CO.COC(=O)[C@@H](N)CO.COC(=O)[C@@H](N)CO[Si](c1ccccc1)(c1ccccc1)C(C)(C)C.COC(=O)[C@@H](N)CO[Si](c1ccccc1)(c1ccccc1)C(C)(C)C.N[C@@H](CO)C(=O)O.O=C(Cl)OCc1ccccc1.O=COCc1ccccc1.O=COCc1ccccc1.O=S(Cl)Cl.[CH3-].[Pd]. The van der Waals surface area contributed by atoms with E-state index >= 15 is 0 Å². The van der Waals surface area contributed by atoms with Gasteiger partial charge in [0.2, 0.25) is 9.23 Å². The smallest absolute Gasteiger partial charge is 0.404 e. The summed E-state index contributed by atoms with van der Waals surface area (Å²) >= 11 is 4.97. The van der Waals surface area contributed by atoms with Gasteiger partial charge < -0.3 is 98.5 Å². The number of carboxylic acids is 1. The molecule has 9 aromatic rings. The maximum absolute atomic E-state index is 11.7. The van der Waals surface area contributed by atoms with Crippen LogP contribution in [0.4, 0.5) is 4.79 Å². The van der Waals surface area contributed by atoms with E-state index in [1.807, 2.05) is 164 Å². The summed E-state index contributed by atoms with van der Waals surface area (Å²) in [5.41, 5.74) is 28.9. The van der Waals surface area contributed by atoms with Gasteiger partial charge in [-0.05, 0) is 52.6 Å². The van der Waals surface area contributed by atoms with E-state index < -0.39 is 107 Å². The van der Waals surface area contributed by atoms with E-state index in [9.17, 15) is 38.4 Å². The molecule has 9 rings (SSSR count). The minimum atomic E-state index is -2.66. The third-order valence-electron chi connectivity index (χ3n) is 17.4. The molecular formula is C96H141Cl3N5O22PdSSi3-. The third-order valence-corrected chi connectivity index (χ3v) is 31.3. The molecule has 9 aromatic carbocycles. The summed E-state index contributed by atoms with van der Waals surface area (Å²) in [6.07, 6.45) is 0. The number of ether oxygens (including phenoxy) is 7. The molecule has 0 saturated heterocycles. The van der Waals surface area contributed by atoms with Gasteiger partial charge in [0.25, 0.3) is 29.6 Å². The molecule has 0 amide bonds.